The number of hydrogen-bond donors (Lipinski definition) is 2. The van der Waals surface area contributed by atoms with Crippen LogP contribution >= 0.6 is 0 Å². The molecule has 0 aliphatic heterocycles. The van der Waals surface area contributed by atoms with Gasteiger partial charge in [0.15, 0.2) is 0 Å². The zero-order valence-electron chi connectivity index (χ0n) is 7.89. The van der Waals surface area contributed by atoms with Gasteiger partial charge in [-0.3, -0.25) is 0 Å². The highest BCUT2D eigenvalue weighted by molar-refractivity contribution is 5.46. The lowest BCUT2D eigenvalue weighted by atomic mass is 10.1. The van der Waals surface area contributed by atoms with Gasteiger partial charge in [0.05, 0.1) is 12.1 Å². The molecule has 2 N–H and O–H groups in total. The molecule has 1 aromatic rings. The van der Waals surface area contributed by atoms with Crippen molar-refractivity contribution in [3.8, 4) is 17.6 Å². The van der Waals surface area contributed by atoms with Crippen molar-refractivity contribution in [2.24, 2.45) is 0 Å². The van der Waals surface area contributed by atoms with E-state index < -0.39 is 0 Å². The molecule has 2 heteroatoms. The lowest BCUT2D eigenvalue weighted by Crippen LogP contribution is -2.04. The van der Waals surface area contributed by atoms with E-state index in [0.29, 0.717) is 12.1 Å². The summed E-state index contributed by atoms with van der Waals surface area (Å²) >= 11 is 0. The predicted molar refractivity (Wildman–Crippen MR) is 53.6 cm³/mol. The van der Waals surface area contributed by atoms with Gasteiger partial charge in [0.25, 0.3) is 0 Å². The van der Waals surface area contributed by atoms with Gasteiger partial charge in [-0.25, -0.2) is 0 Å². The molecule has 0 unspecified atom stereocenters. The molecule has 2 nitrogen and oxygen atoms in total. The Bertz CT molecular complexity index is 347. The van der Waals surface area contributed by atoms with E-state index in [1.165, 1.54) is 0 Å². The Morgan fingerprint density at radius 3 is 2.85 bits per heavy atom. The van der Waals surface area contributed by atoms with E-state index in [4.69, 9.17) is 0 Å². The van der Waals surface area contributed by atoms with Crippen molar-refractivity contribution < 1.29 is 5.11 Å². The van der Waals surface area contributed by atoms with Crippen molar-refractivity contribution in [2.75, 3.05) is 13.6 Å². The minimum Gasteiger partial charge on any atom is -0.507 e. The minimum atomic E-state index is 0.253. The van der Waals surface area contributed by atoms with Gasteiger partial charge in [0.1, 0.15) is 5.75 Å². The molecule has 0 saturated heterocycles. The molecule has 0 amide bonds. The zero-order valence-corrected chi connectivity index (χ0v) is 7.89. The summed E-state index contributed by atoms with van der Waals surface area (Å²) in [4.78, 5) is 0. The average molecular weight is 175 g/mol. The molecule has 1 aromatic carbocycles. The number of phenols is 1. The van der Waals surface area contributed by atoms with Crippen molar-refractivity contribution in [1.29, 1.82) is 0 Å². The second-order valence-electron chi connectivity index (χ2n) is 2.85. The lowest BCUT2D eigenvalue weighted by molar-refractivity contribution is 0.473. The quantitative estimate of drug-likeness (QED) is 0.630. The molecule has 0 aliphatic rings. The maximum atomic E-state index is 9.47. The van der Waals surface area contributed by atoms with Gasteiger partial charge in [0, 0.05) is 0 Å². The molecule has 0 bridgehead atoms. The summed E-state index contributed by atoms with van der Waals surface area (Å²) in [5.74, 6) is 6.02. The minimum absolute atomic E-state index is 0.253. The molecule has 0 fully saturated rings. The van der Waals surface area contributed by atoms with Crippen LogP contribution in [0.3, 0.4) is 0 Å². The first-order chi connectivity index (χ1) is 6.24. The number of phenolic OH excluding ortho intramolecular Hbond substituents is 1. The van der Waals surface area contributed by atoms with Crippen molar-refractivity contribution >= 4 is 0 Å². The van der Waals surface area contributed by atoms with E-state index in [0.717, 1.165) is 5.56 Å². The average Bonchev–Trinajstić information content (AvgIpc) is 2.09. The molecule has 0 aliphatic carbocycles. The number of rotatable bonds is 1. The van der Waals surface area contributed by atoms with Crippen LogP contribution in [0.1, 0.15) is 11.1 Å². The summed E-state index contributed by atoms with van der Waals surface area (Å²) in [6.45, 7) is 2.57. The van der Waals surface area contributed by atoms with Crippen molar-refractivity contribution in [1.82, 2.24) is 5.32 Å². The fraction of sp³-hybridized carbons (Fsp3) is 0.273. The largest absolute Gasteiger partial charge is 0.507 e. The lowest BCUT2D eigenvalue weighted by Gasteiger charge is -1.97. The van der Waals surface area contributed by atoms with Gasteiger partial charge in [-0.15, -0.1) is 0 Å². The Kier molecular flexibility index (Phi) is 3.36. The Hall–Kier alpha value is -1.46. The topological polar surface area (TPSA) is 32.3 Å². The summed E-state index contributed by atoms with van der Waals surface area (Å²) in [5.41, 5.74) is 1.72. The van der Waals surface area contributed by atoms with E-state index in [-0.39, 0.29) is 5.75 Å². The van der Waals surface area contributed by atoms with Crippen LogP contribution in [0.5, 0.6) is 5.75 Å². The van der Waals surface area contributed by atoms with Gasteiger partial charge in [-0.2, -0.15) is 0 Å². The molecule has 0 aromatic heterocycles. The highest BCUT2D eigenvalue weighted by Crippen LogP contribution is 2.16. The van der Waals surface area contributed by atoms with E-state index in [9.17, 15) is 5.11 Å². The van der Waals surface area contributed by atoms with Crippen molar-refractivity contribution in [2.45, 2.75) is 6.92 Å². The van der Waals surface area contributed by atoms with Gasteiger partial charge >= 0.3 is 0 Å². The third-order valence-corrected chi connectivity index (χ3v) is 1.64. The van der Waals surface area contributed by atoms with E-state index in [2.05, 4.69) is 17.2 Å². The van der Waals surface area contributed by atoms with Crippen LogP contribution in [0.4, 0.5) is 0 Å². The van der Waals surface area contributed by atoms with Crippen LogP contribution in [0.2, 0.25) is 0 Å². The van der Waals surface area contributed by atoms with E-state index >= 15 is 0 Å². The normalized spacial score (nSPS) is 9.08. The molecule has 0 radical (unpaired) electrons. The third kappa shape index (κ3) is 2.81. The standard InChI is InChI=1S/C11H13NO/c1-9-5-6-10(11(13)8-9)4-3-7-12-2/h5-6,8,12-13H,7H2,1-2H3. The third-order valence-electron chi connectivity index (χ3n) is 1.64. The maximum Gasteiger partial charge on any atom is 0.131 e. The summed E-state index contributed by atoms with van der Waals surface area (Å²) in [7, 11) is 1.84. The van der Waals surface area contributed by atoms with Gasteiger partial charge in [0.2, 0.25) is 0 Å². The van der Waals surface area contributed by atoms with E-state index in [1.54, 1.807) is 6.07 Å². The molecular formula is C11H13NO. The zero-order chi connectivity index (χ0) is 9.68. The summed E-state index contributed by atoms with van der Waals surface area (Å²) in [6.07, 6.45) is 0. The van der Waals surface area contributed by atoms with Crippen molar-refractivity contribution in [3.05, 3.63) is 29.3 Å². The van der Waals surface area contributed by atoms with Gasteiger partial charge in [-0.05, 0) is 31.7 Å². The second-order valence-corrected chi connectivity index (χ2v) is 2.85. The van der Waals surface area contributed by atoms with Crippen LogP contribution in [-0.4, -0.2) is 18.7 Å². The molecule has 68 valence electrons. The first-order valence-electron chi connectivity index (χ1n) is 4.17. The highest BCUT2D eigenvalue weighted by Gasteiger charge is 1.95. The Labute approximate surface area is 78.6 Å². The van der Waals surface area contributed by atoms with Crippen LogP contribution in [0.15, 0.2) is 18.2 Å². The molecule has 0 saturated carbocycles. The van der Waals surface area contributed by atoms with Gasteiger partial charge < -0.3 is 10.4 Å². The molecule has 0 heterocycles. The molecule has 0 atom stereocenters. The number of aryl methyl sites for hydroxylation is 1. The number of aromatic hydroxyl groups is 1. The van der Waals surface area contributed by atoms with E-state index in [1.807, 2.05) is 26.1 Å². The number of nitrogens with one attached hydrogen (secondary N) is 1. The molecule has 13 heavy (non-hydrogen) atoms. The summed E-state index contributed by atoms with van der Waals surface area (Å²) in [6, 6.07) is 5.47. The van der Waals surface area contributed by atoms with Crippen LogP contribution < -0.4 is 5.32 Å². The molecule has 0 spiro atoms. The predicted octanol–water partition coefficient (Wildman–Crippen LogP) is 1.27. The monoisotopic (exact) mass is 175 g/mol. The van der Waals surface area contributed by atoms with Crippen LogP contribution in [-0.2, 0) is 0 Å². The Balaban J connectivity index is 2.85. The first kappa shape index (κ1) is 9.63. The molecular weight excluding hydrogens is 162 g/mol. The first-order valence-corrected chi connectivity index (χ1v) is 4.17. The van der Waals surface area contributed by atoms with Gasteiger partial charge in [-0.1, -0.05) is 17.9 Å². The van der Waals surface area contributed by atoms with Crippen molar-refractivity contribution in [3.63, 3.8) is 0 Å². The summed E-state index contributed by atoms with van der Waals surface area (Å²) in [5, 5.41) is 12.4. The summed E-state index contributed by atoms with van der Waals surface area (Å²) < 4.78 is 0. The van der Waals surface area contributed by atoms with Crippen LogP contribution in [0.25, 0.3) is 0 Å². The van der Waals surface area contributed by atoms with Crippen LogP contribution in [0, 0.1) is 18.8 Å². The smallest absolute Gasteiger partial charge is 0.131 e. The maximum absolute atomic E-state index is 9.47. The Morgan fingerprint density at radius 1 is 1.46 bits per heavy atom. The number of hydrogen-bond acceptors (Lipinski definition) is 2. The number of benzene rings is 1. The highest BCUT2D eigenvalue weighted by atomic mass is 16.3. The fourth-order valence-corrected chi connectivity index (χ4v) is 0.975. The fourth-order valence-electron chi connectivity index (χ4n) is 0.975. The second kappa shape index (κ2) is 4.54. The Morgan fingerprint density at radius 2 is 2.23 bits per heavy atom. The SMILES string of the molecule is CNCC#Cc1ccc(C)cc1O. The molecule has 1 rings (SSSR count).